The van der Waals surface area contributed by atoms with E-state index in [-0.39, 0.29) is 38.2 Å². The van der Waals surface area contributed by atoms with Gasteiger partial charge < -0.3 is 0 Å². The van der Waals surface area contributed by atoms with Crippen molar-refractivity contribution >= 4 is 47.1 Å². The molecule has 2 aromatic rings. The molecule has 0 bridgehead atoms. The number of aromatic carboxylic acids is 1. The van der Waals surface area contributed by atoms with Crippen LogP contribution >= 0.6 is 11.3 Å². The second-order valence-electron chi connectivity index (χ2n) is 7.08. The van der Waals surface area contributed by atoms with Crippen LogP contribution in [0.4, 0.5) is 5.69 Å². The van der Waals surface area contributed by atoms with E-state index in [0.717, 1.165) is 10.4 Å². The predicted octanol–water partition coefficient (Wildman–Crippen LogP) is -0.805. The van der Waals surface area contributed by atoms with E-state index in [4.69, 9.17) is 0 Å². The number of carbonyl (C=O) groups excluding carboxylic acids is 1. The van der Waals surface area contributed by atoms with Crippen LogP contribution in [0.1, 0.15) is 9.67 Å². The molecule has 29 heavy (non-hydrogen) atoms. The van der Waals surface area contributed by atoms with Crippen molar-refractivity contribution in [3.05, 3.63) is 58.8 Å². The molecule has 142 valence electrons. The van der Waals surface area contributed by atoms with Crippen molar-refractivity contribution in [1.29, 1.82) is 0 Å². The Morgan fingerprint density at radius 2 is 1.83 bits per heavy atom. The molecular formula is C22H20LiN2O2SSe+. The van der Waals surface area contributed by atoms with Crippen molar-refractivity contribution in [2.24, 2.45) is 0 Å². The first-order valence-electron chi connectivity index (χ1n) is 8.85. The molecule has 2 heterocycles. The van der Waals surface area contributed by atoms with Crippen molar-refractivity contribution in [2.45, 2.75) is 0 Å². The molecule has 0 spiro atoms. The van der Waals surface area contributed by atoms with Gasteiger partial charge in [0, 0.05) is 0 Å². The molecule has 1 aromatic carbocycles. The molecule has 1 aliphatic carbocycles. The van der Waals surface area contributed by atoms with Gasteiger partial charge in [0.2, 0.25) is 0 Å². The Morgan fingerprint density at radius 3 is 2.45 bits per heavy atom. The molecule has 0 N–H and O–H groups in total. The van der Waals surface area contributed by atoms with Gasteiger partial charge in [0.25, 0.3) is 0 Å². The zero-order chi connectivity index (χ0) is 20.0. The number of carboxylic acids is 1. The van der Waals surface area contributed by atoms with Gasteiger partial charge in [-0.05, 0) is 0 Å². The van der Waals surface area contributed by atoms with Crippen LogP contribution in [0, 0.1) is 0 Å². The Balaban J connectivity index is 0.00000240. The molecule has 1 aromatic heterocycles. The standard InChI is InChI=1S/C22H20N2O2SSe.Li/c1-23(2)13-5-7-15-19(11-13)28-20-12-14(24(3)4)6-8-16(20)21(15)17-9-10-18(27-17)22(25)26;/h5-12H,1-4H3;/q;+1. The molecule has 7 heteroatoms. The minimum atomic E-state index is -1.12. The molecule has 0 amide bonds. The average molecular weight is 462 g/mol. The fourth-order valence-corrected chi connectivity index (χ4v) is 6.61. The van der Waals surface area contributed by atoms with Gasteiger partial charge >= 0.3 is 193 Å². The van der Waals surface area contributed by atoms with Crippen LogP contribution in [0.3, 0.4) is 0 Å². The largest absolute Gasteiger partial charge is 1.00 e. The van der Waals surface area contributed by atoms with Crippen LogP contribution in [0.2, 0.25) is 0 Å². The quantitative estimate of drug-likeness (QED) is 0.228. The van der Waals surface area contributed by atoms with Gasteiger partial charge in [-0.1, -0.05) is 0 Å². The summed E-state index contributed by atoms with van der Waals surface area (Å²) in [6, 6.07) is 16.6. The second kappa shape index (κ2) is 8.51. The number of fused-ring (bicyclic) bond motifs is 2. The Hall–Kier alpha value is -1.80. The van der Waals surface area contributed by atoms with Gasteiger partial charge in [0.1, 0.15) is 0 Å². The van der Waals surface area contributed by atoms with Gasteiger partial charge in [0.05, 0.1) is 0 Å². The fourth-order valence-electron chi connectivity index (χ4n) is 3.27. The van der Waals surface area contributed by atoms with E-state index < -0.39 is 5.97 Å². The van der Waals surface area contributed by atoms with Crippen LogP contribution in [-0.2, 0) is 0 Å². The number of anilines is 1. The van der Waals surface area contributed by atoms with Crippen molar-refractivity contribution in [3.8, 4) is 20.4 Å². The summed E-state index contributed by atoms with van der Waals surface area (Å²) >= 11 is 1.46. The number of hydrogen-bond acceptors (Lipinski definition) is 4. The van der Waals surface area contributed by atoms with Crippen LogP contribution in [-0.4, -0.2) is 48.7 Å². The number of carboxylic acid groups (broad SMARTS) is 1. The van der Waals surface area contributed by atoms with E-state index >= 15 is 0 Å². The minimum Gasteiger partial charge on any atom is 1.00 e. The maximum absolute atomic E-state index is 11.3. The van der Waals surface area contributed by atoms with Gasteiger partial charge in [0.15, 0.2) is 0 Å². The van der Waals surface area contributed by atoms with E-state index in [2.05, 4.69) is 45.9 Å². The summed E-state index contributed by atoms with van der Waals surface area (Å²) in [5.74, 6) is -1.12. The van der Waals surface area contributed by atoms with E-state index in [9.17, 15) is 9.90 Å². The number of rotatable bonds is 3. The van der Waals surface area contributed by atoms with Crippen LogP contribution in [0.25, 0.3) is 30.1 Å². The van der Waals surface area contributed by atoms with Gasteiger partial charge in [-0.2, -0.15) is 0 Å². The molecule has 0 saturated heterocycles. The summed E-state index contributed by atoms with van der Waals surface area (Å²) in [6.45, 7) is 0. The molecule has 2 aliphatic rings. The third kappa shape index (κ3) is 4.10. The summed E-state index contributed by atoms with van der Waals surface area (Å²) in [5.41, 5.74) is 3.49. The third-order valence-corrected chi connectivity index (χ3v) is 8.20. The molecule has 0 radical (unpaired) electrons. The fraction of sp³-hybridized carbons (Fsp3) is 0.182. The van der Waals surface area contributed by atoms with Gasteiger partial charge in [-0.3, -0.25) is 0 Å². The summed E-state index contributed by atoms with van der Waals surface area (Å²) in [4.78, 5) is 14.6. The molecule has 4 nitrogen and oxygen atoms in total. The Kier molecular flexibility index (Phi) is 6.43. The summed E-state index contributed by atoms with van der Waals surface area (Å²) in [5, 5.41) is 13.7. The number of benzene rings is 2. The predicted molar refractivity (Wildman–Crippen MR) is 117 cm³/mol. The number of nitrogens with zero attached hydrogens (tertiary/aromatic N) is 2. The zero-order valence-corrected chi connectivity index (χ0v) is 19.7. The SMILES string of the molecule is CN(C)c1ccc2c(-c3ccc(C(=O)[O-])s3)c3ccc(=[N+](C)C)cc-3[se]c2c1.[Li+]. The number of thiophene rings is 1. The molecule has 0 saturated carbocycles. The topological polar surface area (TPSA) is 46.4 Å². The summed E-state index contributed by atoms with van der Waals surface area (Å²) < 4.78 is 4.75. The van der Waals surface area contributed by atoms with Crippen LogP contribution < -0.4 is 38.8 Å². The Bertz CT molecular complexity index is 1260. The Morgan fingerprint density at radius 1 is 1.07 bits per heavy atom. The monoisotopic (exact) mass is 463 g/mol. The molecule has 0 unspecified atom stereocenters. The summed E-state index contributed by atoms with van der Waals surface area (Å²) in [6.07, 6.45) is 0. The average Bonchev–Trinajstić information content (AvgIpc) is 3.15. The third-order valence-electron chi connectivity index (χ3n) is 4.78. The van der Waals surface area contributed by atoms with E-state index in [0.29, 0.717) is 0 Å². The van der Waals surface area contributed by atoms with E-state index in [1.165, 1.54) is 42.0 Å². The minimum absolute atomic E-state index is 0. The van der Waals surface area contributed by atoms with Crippen molar-refractivity contribution < 1.29 is 28.8 Å². The van der Waals surface area contributed by atoms with Crippen molar-refractivity contribution in [3.63, 3.8) is 0 Å². The van der Waals surface area contributed by atoms with E-state index in [1.54, 1.807) is 6.07 Å². The second-order valence-corrected chi connectivity index (χ2v) is 10.4. The molecule has 4 rings (SSSR count). The number of hydrogen-bond donors (Lipinski definition) is 0. The maximum atomic E-state index is 11.3. The molecule has 0 atom stereocenters. The van der Waals surface area contributed by atoms with Crippen molar-refractivity contribution in [2.75, 3.05) is 33.1 Å². The van der Waals surface area contributed by atoms with Crippen molar-refractivity contribution in [1.82, 2.24) is 4.58 Å². The Labute approximate surface area is 192 Å². The molecule has 1 aliphatic heterocycles. The van der Waals surface area contributed by atoms with E-state index in [1.807, 2.05) is 34.3 Å². The van der Waals surface area contributed by atoms with Gasteiger partial charge in [-0.15, -0.1) is 0 Å². The molecular weight excluding hydrogens is 442 g/mol. The zero-order valence-electron chi connectivity index (χ0n) is 17.1. The normalized spacial score (nSPS) is 10.8. The smallest absolute Gasteiger partial charge is 1.00 e. The van der Waals surface area contributed by atoms with Crippen LogP contribution in [0.15, 0.2) is 48.5 Å². The van der Waals surface area contributed by atoms with Crippen LogP contribution in [0.5, 0.6) is 0 Å². The molecule has 0 fully saturated rings. The number of carbonyl (C=O) groups is 1. The first-order chi connectivity index (χ1) is 13.3. The first-order valence-corrected chi connectivity index (χ1v) is 11.4. The summed E-state index contributed by atoms with van der Waals surface area (Å²) in [7, 11) is 8.19. The maximum Gasteiger partial charge on any atom is 1.00 e. The first kappa shape index (κ1) is 21.9. The van der Waals surface area contributed by atoms with Gasteiger partial charge in [-0.25, -0.2) is 0 Å².